The molecule has 0 saturated carbocycles. The molecule has 1 aliphatic rings. The van der Waals surface area contributed by atoms with Crippen LogP contribution < -0.4 is 0 Å². The summed E-state index contributed by atoms with van der Waals surface area (Å²) in [5.74, 6) is 0.453. The van der Waals surface area contributed by atoms with Crippen LogP contribution in [-0.4, -0.2) is 75.6 Å². The highest BCUT2D eigenvalue weighted by Crippen LogP contribution is 2.13. The summed E-state index contributed by atoms with van der Waals surface area (Å²) in [6.45, 7) is 9.16. The van der Waals surface area contributed by atoms with Gasteiger partial charge in [0, 0.05) is 19.6 Å². The van der Waals surface area contributed by atoms with Crippen molar-refractivity contribution in [1.82, 2.24) is 19.4 Å². The molecular formula is C14H26BN5O3. The van der Waals surface area contributed by atoms with Gasteiger partial charge in [-0.05, 0) is 17.9 Å². The lowest BCUT2D eigenvalue weighted by Crippen LogP contribution is -2.48. The molecule has 1 aromatic heterocycles. The fourth-order valence-corrected chi connectivity index (χ4v) is 3.01. The summed E-state index contributed by atoms with van der Waals surface area (Å²) in [6.07, 6.45) is 3.37. The van der Waals surface area contributed by atoms with Crippen molar-refractivity contribution in [3.8, 4) is 0 Å². The van der Waals surface area contributed by atoms with Crippen molar-refractivity contribution in [3.63, 3.8) is 0 Å². The molecule has 9 heteroatoms. The summed E-state index contributed by atoms with van der Waals surface area (Å²) in [5.41, 5.74) is 0. The average Bonchev–Trinajstić information content (AvgIpc) is 2.95. The van der Waals surface area contributed by atoms with Crippen LogP contribution in [-0.2, 0) is 6.54 Å². The summed E-state index contributed by atoms with van der Waals surface area (Å²) < 4.78 is 1.39. The Kier molecular flexibility index (Phi) is 6.55. The van der Waals surface area contributed by atoms with Crippen molar-refractivity contribution >= 4 is 13.2 Å². The Bertz CT molecular complexity index is 512. The molecule has 0 spiro atoms. The summed E-state index contributed by atoms with van der Waals surface area (Å²) in [6, 6.07) is 0. The molecule has 8 nitrogen and oxygen atoms in total. The van der Waals surface area contributed by atoms with E-state index in [0.29, 0.717) is 12.4 Å². The first-order valence-electron chi connectivity index (χ1n) is 8.27. The number of aliphatic hydroxyl groups is 1. The van der Waals surface area contributed by atoms with Crippen LogP contribution in [0.4, 0.5) is 5.95 Å². The molecule has 2 atom stereocenters. The molecule has 1 aromatic rings. The highest BCUT2D eigenvalue weighted by atomic mass is 16.6. The van der Waals surface area contributed by atoms with Crippen molar-refractivity contribution in [2.75, 3.05) is 32.8 Å². The van der Waals surface area contributed by atoms with Crippen LogP contribution in [0.5, 0.6) is 0 Å². The SMILES string of the molecule is CBC(C)CN1CCCN(CC(O)Cn2ccnc2[N+](=O)[O-])C1. The first-order valence-corrected chi connectivity index (χ1v) is 8.27. The van der Waals surface area contributed by atoms with Crippen LogP contribution in [0.15, 0.2) is 12.4 Å². The lowest BCUT2D eigenvalue weighted by molar-refractivity contribution is -0.397. The van der Waals surface area contributed by atoms with Crippen LogP contribution in [0.25, 0.3) is 0 Å². The summed E-state index contributed by atoms with van der Waals surface area (Å²) in [7, 11) is 1.17. The molecule has 0 bridgehead atoms. The minimum Gasteiger partial charge on any atom is -0.390 e. The Balaban J connectivity index is 1.83. The molecule has 1 fully saturated rings. The van der Waals surface area contributed by atoms with Gasteiger partial charge in [0.1, 0.15) is 19.7 Å². The first-order chi connectivity index (χ1) is 11.0. The van der Waals surface area contributed by atoms with Crippen molar-refractivity contribution < 1.29 is 10.0 Å². The van der Waals surface area contributed by atoms with E-state index in [9.17, 15) is 15.2 Å². The van der Waals surface area contributed by atoms with Gasteiger partial charge in [0.15, 0.2) is 0 Å². The monoisotopic (exact) mass is 323 g/mol. The summed E-state index contributed by atoms with van der Waals surface area (Å²) in [4.78, 5) is 18.7. The largest absolute Gasteiger partial charge is 0.434 e. The van der Waals surface area contributed by atoms with Gasteiger partial charge >= 0.3 is 5.95 Å². The highest BCUT2D eigenvalue weighted by molar-refractivity contribution is 6.35. The van der Waals surface area contributed by atoms with E-state index in [1.54, 1.807) is 0 Å². The number of rotatable bonds is 8. The molecule has 0 aliphatic carbocycles. The second-order valence-corrected chi connectivity index (χ2v) is 6.45. The maximum Gasteiger partial charge on any atom is 0.434 e. The number of β-amino-alcohol motifs (C(OH)–C–C–N with tert-alkyl or cyclic N) is 1. The molecule has 2 rings (SSSR count). The van der Waals surface area contributed by atoms with Gasteiger partial charge in [-0.15, -0.1) is 0 Å². The van der Waals surface area contributed by atoms with E-state index < -0.39 is 11.0 Å². The molecule has 0 amide bonds. The van der Waals surface area contributed by atoms with Gasteiger partial charge in [-0.2, -0.15) is 0 Å². The van der Waals surface area contributed by atoms with Crippen molar-refractivity contribution in [1.29, 1.82) is 0 Å². The molecule has 0 aromatic carbocycles. The molecule has 1 saturated heterocycles. The van der Waals surface area contributed by atoms with Crippen LogP contribution >= 0.6 is 0 Å². The van der Waals surface area contributed by atoms with Crippen molar-refractivity contribution in [3.05, 3.63) is 22.5 Å². The van der Waals surface area contributed by atoms with Crippen LogP contribution in [0.2, 0.25) is 12.6 Å². The molecule has 1 N–H and O–H groups in total. The predicted octanol–water partition coefficient (Wildman–Crippen LogP) is 0.410. The molecular weight excluding hydrogens is 297 g/mol. The van der Waals surface area contributed by atoms with E-state index in [4.69, 9.17) is 0 Å². The first kappa shape index (κ1) is 17.9. The highest BCUT2D eigenvalue weighted by Gasteiger charge is 2.23. The Morgan fingerprint density at radius 3 is 2.74 bits per heavy atom. The number of aromatic nitrogens is 2. The van der Waals surface area contributed by atoms with Gasteiger partial charge in [0.25, 0.3) is 0 Å². The zero-order valence-electron chi connectivity index (χ0n) is 14.0. The quantitative estimate of drug-likeness (QED) is 0.424. The zero-order chi connectivity index (χ0) is 16.8. The number of nitro groups is 1. The Labute approximate surface area is 137 Å². The second kappa shape index (κ2) is 8.42. The third kappa shape index (κ3) is 5.30. The number of hydrogen-bond acceptors (Lipinski definition) is 6. The van der Waals surface area contributed by atoms with Gasteiger partial charge < -0.3 is 15.2 Å². The lowest BCUT2D eigenvalue weighted by Gasteiger charge is -2.37. The Morgan fingerprint density at radius 2 is 2.09 bits per heavy atom. The minimum atomic E-state index is -0.647. The lowest BCUT2D eigenvalue weighted by atomic mass is 9.68. The van der Waals surface area contributed by atoms with Gasteiger partial charge in [-0.25, -0.2) is 4.57 Å². The van der Waals surface area contributed by atoms with Crippen LogP contribution in [0.1, 0.15) is 13.3 Å². The van der Waals surface area contributed by atoms with E-state index in [1.165, 1.54) is 24.2 Å². The Morgan fingerprint density at radius 1 is 1.39 bits per heavy atom. The maximum absolute atomic E-state index is 10.9. The molecule has 128 valence electrons. The minimum absolute atomic E-state index is 0.193. The number of aliphatic hydroxyl groups excluding tert-OH is 1. The number of hydrogen-bond donors (Lipinski definition) is 1. The maximum atomic E-state index is 10.9. The third-order valence-electron chi connectivity index (χ3n) is 4.35. The van der Waals surface area contributed by atoms with E-state index >= 15 is 0 Å². The van der Waals surface area contributed by atoms with Crippen molar-refractivity contribution in [2.24, 2.45) is 0 Å². The average molecular weight is 323 g/mol. The smallest absolute Gasteiger partial charge is 0.390 e. The van der Waals surface area contributed by atoms with Crippen molar-refractivity contribution in [2.45, 2.75) is 38.6 Å². The standard InChI is InChI=1S/C14H26BN5O3/c1-12(15-2)8-17-5-3-6-18(11-17)9-13(21)10-19-7-4-16-14(19)20(22)23/h4,7,12-13,15,21H,3,5-6,8-11H2,1-2H3. The van der Waals surface area contributed by atoms with E-state index in [0.717, 1.165) is 32.7 Å². The molecule has 0 radical (unpaired) electrons. The molecule has 1 aliphatic heterocycles. The Hall–Kier alpha value is -1.45. The topological polar surface area (TPSA) is 87.7 Å². The number of nitrogens with zero attached hydrogens (tertiary/aromatic N) is 5. The molecule has 23 heavy (non-hydrogen) atoms. The molecule has 2 heterocycles. The summed E-state index contributed by atoms with van der Waals surface area (Å²) >= 11 is 0. The van der Waals surface area contributed by atoms with Gasteiger partial charge in [0.05, 0.1) is 19.3 Å². The second-order valence-electron chi connectivity index (χ2n) is 6.45. The normalized spacial score (nSPS) is 19.4. The third-order valence-corrected chi connectivity index (χ3v) is 4.35. The molecule has 2 unspecified atom stereocenters. The van der Waals surface area contributed by atoms with E-state index in [1.807, 2.05) is 0 Å². The zero-order valence-corrected chi connectivity index (χ0v) is 14.0. The van der Waals surface area contributed by atoms with Crippen LogP contribution in [0.3, 0.4) is 0 Å². The fraction of sp³-hybridized carbons (Fsp3) is 0.786. The van der Waals surface area contributed by atoms with Gasteiger partial charge in [0.2, 0.25) is 0 Å². The number of imidazole rings is 1. The van der Waals surface area contributed by atoms with Crippen LogP contribution in [0, 0.1) is 10.1 Å². The van der Waals surface area contributed by atoms with Gasteiger partial charge in [-0.1, -0.05) is 24.5 Å². The predicted molar refractivity (Wildman–Crippen MR) is 90.0 cm³/mol. The van der Waals surface area contributed by atoms with E-state index in [2.05, 4.69) is 28.5 Å². The van der Waals surface area contributed by atoms with E-state index in [-0.39, 0.29) is 12.5 Å². The summed E-state index contributed by atoms with van der Waals surface area (Å²) in [5, 5.41) is 21.1. The van der Waals surface area contributed by atoms with Gasteiger partial charge in [-0.3, -0.25) is 9.80 Å². The fourth-order valence-electron chi connectivity index (χ4n) is 3.01.